The number of nitrogens with zero attached hydrogens (tertiary/aromatic N) is 1. The Balaban J connectivity index is 1.21. The van der Waals surface area contributed by atoms with Crippen molar-refractivity contribution in [2.24, 2.45) is 0 Å². The number of thioether (sulfide) groups is 1. The molecule has 2 unspecified atom stereocenters. The molecular weight excluding hydrogens is 633 g/mol. The van der Waals surface area contributed by atoms with Gasteiger partial charge in [0.05, 0.1) is 19.1 Å². The maximum absolute atomic E-state index is 12.9. The highest BCUT2D eigenvalue weighted by Gasteiger charge is 2.27. The van der Waals surface area contributed by atoms with Crippen LogP contribution in [0.15, 0.2) is 72.3 Å². The molecule has 1 aliphatic rings. The lowest BCUT2D eigenvalue weighted by Crippen LogP contribution is -2.26. The smallest absolute Gasteiger partial charge is 0.493 e. The van der Waals surface area contributed by atoms with Crippen LogP contribution < -0.4 is 14.0 Å². The standard InChI is InChI=1S/C37H52NO7PS/c1-3-4-5-6-7-8-9-10-11-12-15-25-42-36-22-16-20-34-33(36)19-17-23-37(34)43-28-32(41-2)29-44-46(39,40)45-35-21-14-13-18-31(35)27-38-24-26-47-30-38/h13-14,16-24,26,32H,3-12,15,25,27-30H2,1-2H3,(H,39,40). The Kier molecular flexibility index (Phi) is 16.3. The lowest BCUT2D eigenvalue weighted by Gasteiger charge is -2.21. The average Bonchev–Trinajstić information content (AvgIpc) is 3.59. The number of phosphoric ester groups is 1. The van der Waals surface area contributed by atoms with Gasteiger partial charge in [-0.3, -0.25) is 9.42 Å². The monoisotopic (exact) mass is 685 g/mol. The van der Waals surface area contributed by atoms with Crippen LogP contribution in [-0.4, -0.2) is 48.7 Å². The highest BCUT2D eigenvalue weighted by Crippen LogP contribution is 2.45. The van der Waals surface area contributed by atoms with E-state index in [1.807, 2.05) is 60.1 Å². The largest absolute Gasteiger partial charge is 0.527 e. The van der Waals surface area contributed by atoms with Crippen molar-refractivity contribution in [1.29, 1.82) is 0 Å². The third kappa shape index (κ3) is 13.0. The number of fused-ring (bicyclic) bond motifs is 1. The topological polar surface area (TPSA) is 86.7 Å². The normalized spacial score (nSPS) is 14.7. The van der Waals surface area contributed by atoms with Gasteiger partial charge in [-0.1, -0.05) is 114 Å². The van der Waals surface area contributed by atoms with Crippen LogP contribution >= 0.6 is 19.6 Å². The van der Waals surface area contributed by atoms with Gasteiger partial charge in [-0.15, -0.1) is 11.8 Å². The molecule has 0 aliphatic carbocycles. The molecule has 258 valence electrons. The summed E-state index contributed by atoms with van der Waals surface area (Å²) >= 11 is 1.69. The zero-order valence-corrected chi connectivity index (χ0v) is 29.7. The lowest BCUT2D eigenvalue weighted by atomic mass is 10.1. The quantitative estimate of drug-likeness (QED) is 0.0731. The first-order valence-electron chi connectivity index (χ1n) is 17.1. The number of para-hydroxylation sites is 1. The zero-order chi connectivity index (χ0) is 33.2. The van der Waals surface area contributed by atoms with E-state index in [1.54, 1.807) is 23.9 Å². The Morgan fingerprint density at radius 3 is 2.04 bits per heavy atom. The first-order chi connectivity index (χ1) is 23.0. The number of methoxy groups -OCH3 is 1. The zero-order valence-electron chi connectivity index (χ0n) is 28.0. The number of ether oxygens (including phenoxy) is 3. The molecule has 1 heterocycles. The van der Waals surface area contributed by atoms with Crippen molar-refractivity contribution in [2.75, 3.05) is 32.8 Å². The van der Waals surface area contributed by atoms with Crippen molar-refractivity contribution in [3.63, 3.8) is 0 Å². The maximum Gasteiger partial charge on any atom is 0.527 e. The van der Waals surface area contributed by atoms with Gasteiger partial charge in [0.1, 0.15) is 30.0 Å². The van der Waals surface area contributed by atoms with Crippen molar-refractivity contribution in [3.8, 4) is 17.2 Å². The Morgan fingerprint density at radius 1 is 0.787 bits per heavy atom. The number of unbranched alkanes of at least 4 members (excludes halogenated alkanes) is 10. The van der Waals surface area contributed by atoms with Gasteiger partial charge >= 0.3 is 7.82 Å². The Hall–Kier alpha value is -2.68. The summed E-state index contributed by atoms with van der Waals surface area (Å²) < 4.78 is 41.5. The van der Waals surface area contributed by atoms with Crippen LogP contribution in [0.4, 0.5) is 0 Å². The summed E-state index contributed by atoms with van der Waals surface area (Å²) in [6.45, 7) is 3.45. The van der Waals surface area contributed by atoms with Gasteiger partial charge < -0.3 is 23.6 Å². The highest BCUT2D eigenvalue weighted by atomic mass is 32.2. The fraction of sp³-hybridized carbons (Fsp3) is 0.514. The molecule has 0 saturated heterocycles. The average molecular weight is 686 g/mol. The molecule has 0 aromatic heterocycles. The number of rotatable bonds is 24. The Labute approximate surface area is 285 Å². The third-order valence-electron chi connectivity index (χ3n) is 8.20. The number of hydrogen-bond acceptors (Lipinski definition) is 8. The maximum atomic E-state index is 12.9. The number of benzene rings is 3. The van der Waals surface area contributed by atoms with Crippen LogP contribution in [0.5, 0.6) is 17.2 Å². The summed E-state index contributed by atoms with van der Waals surface area (Å²) in [5.74, 6) is 2.65. The van der Waals surface area contributed by atoms with Gasteiger partial charge in [-0.05, 0) is 30.0 Å². The Morgan fingerprint density at radius 2 is 1.40 bits per heavy atom. The molecule has 47 heavy (non-hydrogen) atoms. The summed E-state index contributed by atoms with van der Waals surface area (Å²) in [6.07, 6.45) is 15.7. The molecule has 1 N–H and O–H groups in total. The van der Waals surface area contributed by atoms with E-state index >= 15 is 0 Å². The van der Waals surface area contributed by atoms with Crippen molar-refractivity contribution in [3.05, 3.63) is 77.8 Å². The van der Waals surface area contributed by atoms with Gasteiger partial charge in [-0.2, -0.15) is 0 Å². The molecule has 0 fully saturated rings. The van der Waals surface area contributed by atoms with E-state index in [0.29, 0.717) is 24.7 Å². The van der Waals surface area contributed by atoms with Crippen LogP contribution in [0.3, 0.4) is 0 Å². The molecule has 0 bridgehead atoms. The second kappa shape index (κ2) is 20.6. The fourth-order valence-electron chi connectivity index (χ4n) is 5.50. The second-order valence-electron chi connectivity index (χ2n) is 12.0. The van der Waals surface area contributed by atoms with E-state index in [0.717, 1.165) is 34.4 Å². The predicted octanol–water partition coefficient (Wildman–Crippen LogP) is 10.1. The number of hydrogen-bond donors (Lipinski definition) is 1. The lowest BCUT2D eigenvalue weighted by molar-refractivity contribution is 0.0164. The van der Waals surface area contributed by atoms with E-state index in [9.17, 15) is 9.46 Å². The summed E-state index contributed by atoms with van der Waals surface area (Å²) in [6, 6.07) is 19.0. The second-order valence-corrected chi connectivity index (χ2v) is 14.2. The van der Waals surface area contributed by atoms with Crippen molar-refractivity contribution < 1.29 is 32.7 Å². The van der Waals surface area contributed by atoms with E-state index in [1.165, 1.54) is 71.3 Å². The van der Waals surface area contributed by atoms with Gasteiger partial charge in [0, 0.05) is 36.2 Å². The Bertz CT molecular complexity index is 1420. The fourth-order valence-corrected chi connectivity index (χ4v) is 7.05. The highest BCUT2D eigenvalue weighted by molar-refractivity contribution is 8.02. The molecule has 0 amide bonds. The van der Waals surface area contributed by atoms with E-state index in [2.05, 4.69) is 11.8 Å². The molecule has 1 aliphatic heterocycles. The molecular formula is C37H52NO7PS. The van der Waals surface area contributed by atoms with E-state index in [4.69, 9.17) is 23.3 Å². The predicted molar refractivity (Wildman–Crippen MR) is 192 cm³/mol. The number of phosphoric acid groups is 1. The van der Waals surface area contributed by atoms with Crippen molar-refractivity contribution in [2.45, 2.75) is 90.2 Å². The molecule has 10 heteroatoms. The van der Waals surface area contributed by atoms with Gasteiger partial charge in [0.2, 0.25) is 0 Å². The van der Waals surface area contributed by atoms with Crippen LogP contribution in [-0.2, 0) is 20.4 Å². The molecule has 0 radical (unpaired) electrons. The first-order valence-corrected chi connectivity index (χ1v) is 19.6. The SMILES string of the molecule is CCCCCCCCCCCCCOc1cccc2c(OCC(COP(=O)(O)Oc3ccccc3CN3C=CSC3)OC)cccc12. The molecule has 0 saturated carbocycles. The molecule has 4 rings (SSSR count). The van der Waals surface area contributed by atoms with Crippen LogP contribution in [0.25, 0.3) is 10.8 Å². The van der Waals surface area contributed by atoms with Crippen LogP contribution in [0, 0.1) is 0 Å². The van der Waals surface area contributed by atoms with Crippen molar-refractivity contribution >= 4 is 30.4 Å². The summed E-state index contributed by atoms with van der Waals surface area (Å²) in [5.41, 5.74) is 0.794. The van der Waals surface area contributed by atoms with E-state index in [-0.39, 0.29) is 13.2 Å². The molecule has 2 atom stereocenters. The molecule has 3 aromatic carbocycles. The first kappa shape index (κ1) is 37.1. The molecule has 3 aromatic rings. The summed E-state index contributed by atoms with van der Waals surface area (Å²) in [4.78, 5) is 12.6. The van der Waals surface area contributed by atoms with Crippen LogP contribution in [0.1, 0.15) is 83.1 Å². The van der Waals surface area contributed by atoms with E-state index < -0.39 is 13.9 Å². The molecule has 0 spiro atoms. The molecule has 8 nitrogen and oxygen atoms in total. The van der Waals surface area contributed by atoms with Gasteiger partial charge in [0.25, 0.3) is 0 Å². The van der Waals surface area contributed by atoms with Gasteiger partial charge in [-0.25, -0.2) is 4.57 Å². The minimum Gasteiger partial charge on any atom is -0.493 e. The van der Waals surface area contributed by atoms with Crippen LogP contribution in [0.2, 0.25) is 0 Å². The van der Waals surface area contributed by atoms with Crippen molar-refractivity contribution in [1.82, 2.24) is 4.90 Å². The van der Waals surface area contributed by atoms with Gasteiger partial charge in [0.15, 0.2) is 0 Å². The third-order valence-corrected chi connectivity index (χ3v) is 9.89. The minimum atomic E-state index is -4.42. The summed E-state index contributed by atoms with van der Waals surface area (Å²) in [7, 11) is -2.90. The minimum absolute atomic E-state index is 0.120. The summed E-state index contributed by atoms with van der Waals surface area (Å²) in [5, 5.41) is 3.93.